The molecule has 0 bridgehead atoms. The summed E-state index contributed by atoms with van der Waals surface area (Å²) in [5, 5.41) is 6.96. The number of aromatic nitrogens is 4. The highest BCUT2D eigenvalue weighted by Crippen LogP contribution is 2.52. The Hall–Kier alpha value is -2.60. The number of rotatable bonds is 9. The summed E-state index contributed by atoms with van der Waals surface area (Å²) in [6.07, 6.45) is -0.571. The smallest absolute Gasteiger partial charge is 0.335 e. The Morgan fingerprint density at radius 2 is 1.79 bits per heavy atom. The van der Waals surface area contributed by atoms with Gasteiger partial charge in [-0.3, -0.25) is 14.7 Å². The van der Waals surface area contributed by atoms with Crippen LogP contribution >= 0.6 is 0 Å². The predicted octanol–water partition coefficient (Wildman–Crippen LogP) is 6.11. The zero-order chi connectivity index (χ0) is 31.9. The molecule has 16 heteroatoms. The van der Waals surface area contributed by atoms with Gasteiger partial charge in [-0.2, -0.15) is 9.97 Å². The molecule has 0 spiro atoms. The molecule has 2 aromatic heterocycles. The second kappa shape index (κ2) is 12.4. The third kappa shape index (κ3) is 5.69. The molecule has 4 heterocycles. The SMILES string of the molecule is CCOc1nc(NC(C)=O)nc2c1ncn2[C@@H]1O[C@@H]2CO[Si](C(C)C)(C(C)C)O[Si](C(C)C)(C(C)C)O[C@H]2[C@@]1(C)N=[N+]=[N-]. The number of nitrogens with zero attached hydrogens (tertiary/aromatic N) is 7. The van der Waals surface area contributed by atoms with E-state index in [9.17, 15) is 10.3 Å². The summed E-state index contributed by atoms with van der Waals surface area (Å²) in [6, 6.07) is 0. The van der Waals surface area contributed by atoms with Gasteiger partial charge in [0.25, 0.3) is 0 Å². The maximum Gasteiger partial charge on any atom is 0.335 e. The number of nitrogens with one attached hydrogen (secondary N) is 1. The van der Waals surface area contributed by atoms with Gasteiger partial charge in [0.05, 0.1) is 25.6 Å². The maximum absolute atomic E-state index is 11.9. The third-order valence-electron chi connectivity index (χ3n) is 8.51. The Labute approximate surface area is 255 Å². The first kappa shape index (κ1) is 33.3. The molecule has 1 amide bonds. The predicted molar refractivity (Wildman–Crippen MR) is 166 cm³/mol. The molecule has 2 saturated heterocycles. The van der Waals surface area contributed by atoms with Crippen LogP contribution < -0.4 is 10.1 Å². The van der Waals surface area contributed by atoms with Gasteiger partial charge in [-0.25, -0.2) is 4.98 Å². The van der Waals surface area contributed by atoms with E-state index in [1.807, 2.05) is 13.8 Å². The van der Waals surface area contributed by atoms with Crippen molar-refractivity contribution >= 4 is 40.1 Å². The van der Waals surface area contributed by atoms with Gasteiger partial charge in [-0.1, -0.05) is 60.5 Å². The van der Waals surface area contributed by atoms with Crippen LogP contribution in [0.25, 0.3) is 21.6 Å². The minimum absolute atomic E-state index is 0.0587. The molecule has 14 nitrogen and oxygen atoms in total. The maximum atomic E-state index is 11.9. The summed E-state index contributed by atoms with van der Waals surface area (Å²) < 4.78 is 35.7. The number of hydrogen-bond donors (Lipinski definition) is 1. The standard InChI is InChI=1S/C27H46N8O6Si2/c1-12-37-24-21-23(31-26(32-24)30-19(10)36)35(14-29-21)25-27(11,33-34-28)22-20(39-25)13-38-42(15(2)3,16(4)5)41-43(40-22,17(6)7)18(8)9/h14-18,20,22,25H,12-13H2,1-11H3,(H,30,31,32,36)/t20-,22-,25-,27-/m1/s1. The molecule has 2 aliphatic heterocycles. The van der Waals surface area contributed by atoms with E-state index in [4.69, 9.17) is 22.4 Å². The Morgan fingerprint density at radius 3 is 2.33 bits per heavy atom. The van der Waals surface area contributed by atoms with E-state index in [0.717, 1.165) is 0 Å². The zero-order valence-corrected chi connectivity index (χ0v) is 29.1. The van der Waals surface area contributed by atoms with Crippen molar-refractivity contribution in [1.29, 1.82) is 0 Å². The highest BCUT2D eigenvalue weighted by atomic mass is 28.5. The molecule has 1 N–H and O–H groups in total. The summed E-state index contributed by atoms with van der Waals surface area (Å²) in [4.78, 5) is 28.6. The van der Waals surface area contributed by atoms with Crippen LogP contribution in [0, 0.1) is 0 Å². The summed E-state index contributed by atoms with van der Waals surface area (Å²) in [7, 11) is -5.86. The van der Waals surface area contributed by atoms with Crippen LogP contribution in [0.1, 0.15) is 82.4 Å². The average Bonchev–Trinajstić information content (AvgIpc) is 3.42. The molecule has 238 valence electrons. The monoisotopic (exact) mass is 634 g/mol. The summed E-state index contributed by atoms with van der Waals surface area (Å²) in [5.41, 5.74) is 9.81. The lowest BCUT2D eigenvalue weighted by molar-refractivity contribution is -0.114. The fourth-order valence-corrected chi connectivity index (χ4v) is 17.7. The van der Waals surface area contributed by atoms with Crippen LogP contribution in [0.4, 0.5) is 5.95 Å². The second-order valence-corrected chi connectivity index (χ2v) is 21.6. The number of ether oxygens (including phenoxy) is 2. The molecule has 2 aliphatic rings. The zero-order valence-electron chi connectivity index (χ0n) is 27.1. The van der Waals surface area contributed by atoms with E-state index in [1.165, 1.54) is 6.92 Å². The molecule has 0 unspecified atom stereocenters. The minimum atomic E-state index is -3.04. The van der Waals surface area contributed by atoms with E-state index in [2.05, 4.69) is 85.7 Å². The van der Waals surface area contributed by atoms with Crippen molar-refractivity contribution in [3.63, 3.8) is 0 Å². The van der Waals surface area contributed by atoms with Crippen LogP contribution in [0.15, 0.2) is 11.4 Å². The van der Waals surface area contributed by atoms with Gasteiger partial charge in [0.15, 0.2) is 17.4 Å². The van der Waals surface area contributed by atoms with Gasteiger partial charge in [-0.05, 0) is 41.5 Å². The molecule has 2 fully saturated rings. The van der Waals surface area contributed by atoms with E-state index in [-0.39, 0.29) is 46.5 Å². The van der Waals surface area contributed by atoms with E-state index >= 15 is 0 Å². The van der Waals surface area contributed by atoms with E-state index in [0.29, 0.717) is 17.8 Å². The topological polar surface area (TPSA) is 168 Å². The van der Waals surface area contributed by atoms with Crippen molar-refractivity contribution in [3.8, 4) is 5.88 Å². The quantitative estimate of drug-likeness (QED) is 0.148. The molecule has 4 atom stereocenters. The van der Waals surface area contributed by atoms with Gasteiger partial charge < -0.3 is 22.4 Å². The van der Waals surface area contributed by atoms with Crippen molar-refractivity contribution < 1.29 is 27.2 Å². The fourth-order valence-electron chi connectivity index (χ4n) is 6.40. The molecule has 4 rings (SSSR count). The number of azide groups is 1. The number of fused-ring (bicyclic) bond motifs is 2. The van der Waals surface area contributed by atoms with Gasteiger partial charge in [-0.15, -0.1) is 0 Å². The van der Waals surface area contributed by atoms with Crippen LogP contribution in [-0.4, -0.2) is 73.5 Å². The molecular formula is C27H46N8O6Si2. The summed E-state index contributed by atoms with van der Waals surface area (Å²) in [5.74, 6) is -0.0591. The van der Waals surface area contributed by atoms with Gasteiger partial charge >= 0.3 is 17.1 Å². The summed E-state index contributed by atoms with van der Waals surface area (Å²) >= 11 is 0. The molecule has 2 aromatic rings. The van der Waals surface area contributed by atoms with Crippen LogP contribution in [0.3, 0.4) is 0 Å². The molecule has 0 saturated carbocycles. The first-order valence-corrected chi connectivity index (χ1v) is 19.0. The van der Waals surface area contributed by atoms with Gasteiger partial charge in [0, 0.05) is 11.8 Å². The van der Waals surface area contributed by atoms with Crippen LogP contribution in [0.5, 0.6) is 5.88 Å². The normalized spacial score (nSPS) is 26.8. The number of hydrogen-bond acceptors (Lipinski definition) is 10. The number of carbonyl (C=O) groups excluding carboxylic acids is 1. The molecule has 0 radical (unpaired) electrons. The fraction of sp³-hybridized carbons (Fsp3) is 0.778. The molecule has 0 aliphatic carbocycles. The largest absolute Gasteiger partial charge is 0.476 e. The van der Waals surface area contributed by atoms with Crippen LogP contribution in [0.2, 0.25) is 22.2 Å². The number of anilines is 1. The first-order valence-electron chi connectivity index (χ1n) is 15.0. The minimum Gasteiger partial charge on any atom is -0.476 e. The van der Waals surface area contributed by atoms with E-state index < -0.39 is 41.1 Å². The average molecular weight is 635 g/mol. The van der Waals surface area contributed by atoms with Crippen molar-refractivity contribution in [2.75, 3.05) is 18.5 Å². The first-order chi connectivity index (χ1) is 20.2. The Bertz CT molecular complexity index is 1360. The lowest BCUT2D eigenvalue weighted by atomic mass is 9.93. The van der Waals surface area contributed by atoms with Crippen molar-refractivity contribution in [1.82, 2.24) is 19.5 Å². The van der Waals surface area contributed by atoms with E-state index in [1.54, 1.807) is 10.9 Å². The summed E-state index contributed by atoms with van der Waals surface area (Å²) in [6.45, 7) is 22.8. The van der Waals surface area contributed by atoms with Crippen molar-refractivity contribution in [2.24, 2.45) is 5.11 Å². The van der Waals surface area contributed by atoms with Gasteiger partial charge in [0.2, 0.25) is 17.7 Å². The Kier molecular flexibility index (Phi) is 9.62. The number of imidazole rings is 1. The van der Waals surface area contributed by atoms with Crippen LogP contribution in [-0.2, 0) is 22.5 Å². The lowest BCUT2D eigenvalue weighted by Crippen LogP contribution is -2.66. The second-order valence-electron chi connectivity index (χ2n) is 12.7. The number of amides is 1. The molecule has 43 heavy (non-hydrogen) atoms. The Morgan fingerprint density at radius 1 is 1.16 bits per heavy atom. The molecular weight excluding hydrogens is 589 g/mol. The Balaban J connectivity index is 1.92. The van der Waals surface area contributed by atoms with Gasteiger partial charge in [0.1, 0.15) is 11.6 Å². The lowest BCUT2D eigenvalue weighted by Gasteiger charge is -2.52. The highest BCUT2D eigenvalue weighted by molar-refractivity contribution is 6.84. The number of carbonyl (C=O) groups is 1. The molecule has 0 aromatic carbocycles. The third-order valence-corrected chi connectivity index (χ3v) is 18.7. The van der Waals surface area contributed by atoms with Crippen molar-refractivity contribution in [3.05, 3.63) is 16.8 Å². The highest BCUT2D eigenvalue weighted by Gasteiger charge is 2.64. The van der Waals surface area contributed by atoms with Crippen molar-refractivity contribution in [2.45, 2.75) is 122 Å².